The second kappa shape index (κ2) is 6.19. The molecule has 1 atom stereocenters. The molecular formula is C14H16BrNO3. The molecule has 2 rings (SSSR count). The number of halogens is 1. The second-order valence-corrected chi connectivity index (χ2v) is 5.86. The van der Waals surface area contributed by atoms with Crippen molar-refractivity contribution in [2.45, 2.75) is 31.7 Å². The number of nitrogens with one attached hydrogen (secondary N) is 1. The average Bonchev–Trinajstić information content (AvgIpc) is 3.15. The lowest BCUT2D eigenvalue weighted by molar-refractivity contribution is -0.142. The molecule has 0 bridgehead atoms. The van der Waals surface area contributed by atoms with E-state index in [0.29, 0.717) is 12.3 Å². The summed E-state index contributed by atoms with van der Waals surface area (Å²) < 4.78 is 0.953. The van der Waals surface area contributed by atoms with Crippen LogP contribution in [0.1, 0.15) is 24.8 Å². The Morgan fingerprint density at radius 1 is 1.32 bits per heavy atom. The van der Waals surface area contributed by atoms with Crippen LogP contribution < -0.4 is 5.32 Å². The van der Waals surface area contributed by atoms with Crippen LogP contribution in [0.2, 0.25) is 0 Å². The third-order valence-corrected chi connectivity index (χ3v) is 3.71. The summed E-state index contributed by atoms with van der Waals surface area (Å²) in [6, 6.07) is 6.67. The highest BCUT2D eigenvalue weighted by atomic mass is 79.9. The minimum atomic E-state index is -0.948. The predicted molar refractivity (Wildman–Crippen MR) is 74.8 cm³/mol. The van der Waals surface area contributed by atoms with E-state index in [0.717, 1.165) is 22.9 Å². The molecule has 102 valence electrons. The number of benzene rings is 1. The first kappa shape index (κ1) is 14.1. The van der Waals surface area contributed by atoms with Crippen molar-refractivity contribution in [2.75, 3.05) is 0 Å². The molecule has 1 aromatic rings. The summed E-state index contributed by atoms with van der Waals surface area (Å²) in [7, 11) is 0. The molecule has 0 aliphatic heterocycles. The Balaban J connectivity index is 1.87. The van der Waals surface area contributed by atoms with Crippen molar-refractivity contribution in [3.8, 4) is 0 Å². The van der Waals surface area contributed by atoms with Gasteiger partial charge < -0.3 is 10.4 Å². The van der Waals surface area contributed by atoms with Gasteiger partial charge in [0.15, 0.2) is 0 Å². The SMILES string of the molecule is O=C(Cc1ccc(Br)cc1)N[C@@H](CC1CC1)C(=O)O. The Morgan fingerprint density at radius 2 is 1.95 bits per heavy atom. The van der Waals surface area contributed by atoms with Crippen LogP contribution in [0.15, 0.2) is 28.7 Å². The molecule has 0 unspecified atom stereocenters. The summed E-state index contributed by atoms with van der Waals surface area (Å²) in [6.07, 6.45) is 2.90. The molecular weight excluding hydrogens is 310 g/mol. The molecule has 2 N–H and O–H groups in total. The zero-order valence-electron chi connectivity index (χ0n) is 10.4. The molecule has 1 amide bonds. The zero-order chi connectivity index (χ0) is 13.8. The molecule has 1 aromatic carbocycles. The molecule has 19 heavy (non-hydrogen) atoms. The van der Waals surface area contributed by atoms with Crippen LogP contribution in [-0.2, 0) is 16.0 Å². The minimum Gasteiger partial charge on any atom is -0.480 e. The Morgan fingerprint density at radius 3 is 2.47 bits per heavy atom. The van der Waals surface area contributed by atoms with Gasteiger partial charge in [-0.05, 0) is 30.0 Å². The minimum absolute atomic E-state index is 0.210. The van der Waals surface area contributed by atoms with Gasteiger partial charge in [-0.2, -0.15) is 0 Å². The summed E-state index contributed by atoms with van der Waals surface area (Å²) >= 11 is 3.33. The van der Waals surface area contributed by atoms with Crippen LogP contribution in [0.3, 0.4) is 0 Å². The standard InChI is InChI=1S/C14H16BrNO3/c15-11-5-3-10(4-6-11)8-13(17)16-12(14(18)19)7-9-1-2-9/h3-6,9,12H,1-2,7-8H2,(H,16,17)(H,18,19)/t12-/m0/s1. The van der Waals surface area contributed by atoms with E-state index in [9.17, 15) is 9.59 Å². The van der Waals surface area contributed by atoms with Gasteiger partial charge in [0.2, 0.25) is 5.91 Å². The largest absolute Gasteiger partial charge is 0.480 e. The Kier molecular flexibility index (Phi) is 4.58. The van der Waals surface area contributed by atoms with Crippen LogP contribution in [-0.4, -0.2) is 23.0 Å². The fourth-order valence-electron chi connectivity index (χ4n) is 1.94. The van der Waals surface area contributed by atoms with Gasteiger partial charge in [0.1, 0.15) is 6.04 Å². The third-order valence-electron chi connectivity index (χ3n) is 3.18. The maximum Gasteiger partial charge on any atom is 0.326 e. The first-order valence-electron chi connectivity index (χ1n) is 6.31. The lowest BCUT2D eigenvalue weighted by Gasteiger charge is -2.14. The van der Waals surface area contributed by atoms with E-state index in [2.05, 4.69) is 21.2 Å². The van der Waals surface area contributed by atoms with E-state index < -0.39 is 12.0 Å². The van der Waals surface area contributed by atoms with E-state index in [4.69, 9.17) is 5.11 Å². The van der Waals surface area contributed by atoms with E-state index in [-0.39, 0.29) is 12.3 Å². The summed E-state index contributed by atoms with van der Waals surface area (Å²) in [5, 5.41) is 11.7. The van der Waals surface area contributed by atoms with Gasteiger partial charge in [0.05, 0.1) is 6.42 Å². The molecule has 1 aliphatic rings. The summed E-state index contributed by atoms with van der Waals surface area (Å²) in [6.45, 7) is 0. The van der Waals surface area contributed by atoms with Gasteiger partial charge in [0, 0.05) is 4.47 Å². The van der Waals surface area contributed by atoms with Crippen molar-refractivity contribution in [2.24, 2.45) is 5.92 Å². The van der Waals surface area contributed by atoms with Gasteiger partial charge in [-0.25, -0.2) is 4.79 Å². The van der Waals surface area contributed by atoms with Crippen LogP contribution in [0.4, 0.5) is 0 Å². The number of amides is 1. The van der Waals surface area contributed by atoms with Crippen LogP contribution in [0, 0.1) is 5.92 Å². The lowest BCUT2D eigenvalue weighted by atomic mass is 10.1. The molecule has 5 heteroatoms. The average molecular weight is 326 g/mol. The third kappa shape index (κ3) is 4.67. The first-order valence-corrected chi connectivity index (χ1v) is 7.10. The van der Waals surface area contributed by atoms with E-state index in [1.54, 1.807) is 0 Å². The number of carboxylic acids is 1. The Hall–Kier alpha value is -1.36. The number of carbonyl (C=O) groups is 2. The van der Waals surface area contributed by atoms with Crippen molar-refractivity contribution >= 4 is 27.8 Å². The topological polar surface area (TPSA) is 66.4 Å². The van der Waals surface area contributed by atoms with Gasteiger partial charge in [-0.3, -0.25) is 4.79 Å². The molecule has 0 radical (unpaired) electrons. The molecule has 0 aromatic heterocycles. The summed E-state index contributed by atoms with van der Waals surface area (Å²) in [5.41, 5.74) is 0.872. The molecule has 0 spiro atoms. The zero-order valence-corrected chi connectivity index (χ0v) is 12.0. The van der Waals surface area contributed by atoms with Crippen LogP contribution in [0.25, 0.3) is 0 Å². The number of carboxylic acid groups (broad SMARTS) is 1. The number of carbonyl (C=O) groups excluding carboxylic acids is 1. The highest BCUT2D eigenvalue weighted by molar-refractivity contribution is 9.10. The van der Waals surface area contributed by atoms with Gasteiger partial charge >= 0.3 is 5.97 Å². The van der Waals surface area contributed by atoms with Gasteiger partial charge in [-0.1, -0.05) is 40.9 Å². The second-order valence-electron chi connectivity index (χ2n) is 4.94. The van der Waals surface area contributed by atoms with Crippen molar-refractivity contribution in [3.05, 3.63) is 34.3 Å². The van der Waals surface area contributed by atoms with E-state index in [1.807, 2.05) is 24.3 Å². The molecule has 1 aliphatic carbocycles. The molecule has 1 fully saturated rings. The smallest absolute Gasteiger partial charge is 0.326 e. The fraction of sp³-hybridized carbons (Fsp3) is 0.429. The van der Waals surface area contributed by atoms with Gasteiger partial charge in [-0.15, -0.1) is 0 Å². The summed E-state index contributed by atoms with van der Waals surface area (Å²) in [4.78, 5) is 22.9. The van der Waals surface area contributed by atoms with Crippen LogP contribution >= 0.6 is 15.9 Å². The first-order chi connectivity index (χ1) is 9.04. The van der Waals surface area contributed by atoms with Crippen molar-refractivity contribution in [1.29, 1.82) is 0 Å². The molecule has 1 saturated carbocycles. The molecule has 4 nitrogen and oxygen atoms in total. The Bertz CT molecular complexity index is 468. The number of hydrogen-bond donors (Lipinski definition) is 2. The van der Waals surface area contributed by atoms with Crippen molar-refractivity contribution < 1.29 is 14.7 Å². The van der Waals surface area contributed by atoms with E-state index >= 15 is 0 Å². The highest BCUT2D eigenvalue weighted by Crippen LogP contribution is 2.33. The summed E-state index contributed by atoms with van der Waals surface area (Å²) in [5.74, 6) is -0.722. The maximum atomic E-state index is 11.8. The number of hydrogen-bond acceptors (Lipinski definition) is 2. The van der Waals surface area contributed by atoms with Crippen molar-refractivity contribution in [3.63, 3.8) is 0 Å². The molecule has 0 saturated heterocycles. The normalized spacial score (nSPS) is 15.8. The Labute approximate surface area is 120 Å². The van der Waals surface area contributed by atoms with Crippen LogP contribution in [0.5, 0.6) is 0 Å². The highest BCUT2D eigenvalue weighted by Gasteiger charge is 2.30. The monoisotopic (exact) mass is 325 g/mol. The lowest BCUT2D eigenvalue weighted by Crippen LogP contribution is -2.41. The predicted octanol–water partition coefficient (Wildman–Crippen LogP) is 2.36. The number of rotatable bonds is 6. The van der Waals surface area contributed by atoms with E-state index in [1.165, 1.54) is 0 Å². The quantitative estimate of drug-likeness (QED) is 0.843. The number of aliphatic carboxylic acids is 1. The fourth-order valence-corrected chi connectivity index (χ4v) is 2.21. The molecule has 0 heterocycles. The van der Waals surface area contributed by atoms with Gasteiger partial charge in [0.25, 0.3) is 0 Å². The maximum absolute atomic E-state index is 11.8. The van der Waals surface area contributed by atoms with Crippen molar-refractivity contribution in [1.82, 2.24) is 5.32 Å².